The number of aromatic nitrogens is 1. The lowest BCUT2D eigenvalue weighted by molar-refractivity contribution is 0.604. The molecule has 2 N–H and O–H groups in total. The average Bonchev–Trinajstić information content (AvgIpc) is 2.48. The molecule has 1 atom stereocenters. The highest BCUT2D eigenvalue weighted by molar-refractivity contribution is 5.38. The summed E-state index contributed by atoms with van der Waals surface area (Å²) in [5.41, 5.74) is 10.4. The fourth-order valence-electron chi connectivity index (χ4n) is 2.56. The van der Waals surface area contributed by atoms with Gasteiger partial charge in [0.2, 0.25) is 0 Å². The Morgan fingerprint density at radius 1 is 1.19 bits per heavy atom. The van der Waals surface area contributed by atoms with Crippen LogP contribution in [0.25, 0.3) is 0 Å². The lowest BCUT2D eigenvalue weighted by Gasteiger charge is -2.17. The summed E-state index contributed by atoms with van der Waals surface area (Å²) in [6, 6.07) is 9.59. The maximum absolute atomic E-state index is 12.6. The first kappa shape index (κ1) is 15.5. The number of aryl methyl sites for hydroxylation is 3. The largest absolute Gasteiger partial charge is 0.320 e. The van der Waals surface area contributed by atoms with Crippen LogP contribution in [0.1, 0.15) is 48.1 Å². The molecule has 3 heteroatoms. The van der Waals surface area contributed by atoms with Crippen molar-refractivity contribution >= 4 is 0 Å². The molecular formula is C18H24N2O. The van der Waals surface area contributed by atoms with Crippen molar-refractivity contribution in [3.8, 4) is 0 Å². The first-order valence-electron chi connectivity index (χ1n) is 7.56. The topological polar surface area (TPSA) is 48.0 Å². The molecular weight excluding hydrogens is 260 g/mol. The number of nitrogens with two attached hydrogens (primary N) is 1. The molecule has 0 fully saturated rings. The van der Waals surface area contributed by atoms with Gasteiger partial charge in [0.15, 0.2) is 0 Å². The number of pyridine rings is 1. The zero-order valence-corrected chi connectivity index (χ0v) is 13.1. The summed E-state index contributed by atoms with van der Waals surface area (Å²) >= 11 is 0. The van der Waals surface area contributed by atoms with Gasteiger partial charge in [0.05, 0.1) is 6.04 Å². The van der Waals surface area contributed by atoms with E-state index in [4.69, 9.17) is 5.73 Å². The molecule has 1 aromatic heterocycles. The van der Waals surface area contributed by atoms with E-state index in [9.17, 15) is 4.79 Å². The third kappa shape index (κ3) is 3.42. The lowest BCUT2D eigenvalue weighted by atomic mass is 9.95. The Hall–Kier alpha value is -1.87. The molecule has 1 aromatic carbocycles. The van der Waals surface area contributed by atoms with Crippen molar-refractivity contribution in [2.45, 2.75) is 46.2 Å². The van der Waals surface area contributed by atoms with Gasteiger partial charge in [-0.1, -0.05) is 43.2 Å². The van der Waals surface area contributed by atoms with Crippen LogP contribution in [0, 0.1) is 13.8 Å². The number of nitrogens with zero attached hydrogens (tertiary/aromatic N) is 1. The predicted octanol–water partition coefficient (Wildman–Crippen LogP) is 3.31. The van der Waals surface area contributed by atoms with Crippen LogP contribution in [0.4, 0.5) is 0 Å². The zero-order chi connectivity index (χ0) is 15.4. The smallest absolute Gasteiger partial charge is 0.255 e. The second-order valence-corrected chi connectivity index (χ2v) is 5.65. The standard InChI is InChI=1S/C18H24N2O/c1-4-5-10-20-11-6-7-15(18(20)21)17(19)16-12-13(2)8-9-14(16)3/h6-9,11-12,17H,4-5,10,19H2,1-3H3. The van der Waals surface area contributed by atoms with Crippen molar-refractivity contribution in [1.29, 1.82) is 0 Å². The maximum Gasteiger partial charge on any atom is 0.255 e. The van der Waals surface area contributed by atoms with Crippen molar-refractivity contribution in [3.05, 3.63) is 69.1 Å². The summed E-state index contributed by atoms with van der Waals surface area (Å²) in [6.07, 6.45) is 3.92. The van der Waals surface area contributed by atoms with Gasteiger partial charge >= 0.3 is 0 Å². The van der Waals surface area contributed by atoms with Crippen molar-refractivity contribution in [2.75, 3.05) is 0 Å². The van der Waals surface area contributed by atoms with Crippen LogP contribution >= 0.6 is 0 Å². The molecule has 21 heavy (non-hydrogen) atoms. The van der Waals surface area contributed by atoms with E-state index in [1.165, 1.54) is 0 Å². The Kier molecular flexibility index (Phi) is 4.97. The average molecular weight is 284 g/mol. The summed E-state index contributed by atoms with van der Waals surface area (Å²) in [5, 5.41) is 0. The van der Waals surface area contributed by atoms with E-state index in [0.29, 0.717) is 5.56 Å². The normalized spacial score (nSPS) is 12.4. The van der Waals surface area contributed by atoms with Gasteiger partial charge in [-0.2, -0.15) is 0 Å². The van der Waals surface area contributed by atoms with Gasteiger partial charge in [-0.25, -0.2) is 0 Å². The van der Waals surface area contributed by atoms with Crippen LogP contribution in [0.15, 0.2) is 41.3 Å². The van der Waals surface area contributed by atoms with E-state index >= 15 is 0 Å². The fraction of sp³-hybridized carbons (Fsp3) is 0.389. The van der Waals surface area contributed by atoms with E-state index < -0.39 is 0 Å². The number of hydrogen-bond acceptors (Lipinski definition) is 2. The molecule has 0 saturated carbocycles. The molecule has 1 unspecified atom stereocenters. The Morgan fingerprint density at radius 2 is 1.95 bits per heavy atom. The zero-order valence-electron chi connectivity index (χ0n) is 13.1. The monoisotopic (exact) mass is 284 g/mol. The summed E-state index contributed by atoms with van der Waals surface area (Å²) in [7, 11) is 0. The summed E-state index contributed by atoms with van der Waals surface area (Å²) in [6.45, 7) is 6.95. The molecule has 1 heterocycles. The minimum atomic E-state index is -0.369. The number of rotatable bonds is 5. The highest BCUT2D eigenvalue weighted by Gasteiger charge is 2.16. The van der Waals surface area contributed by atoms with E-state index in [1.807, 2.05) is 32.2 Å². The van der Waals surface area contributed by atoms with Crippen molar-refractivity contribution in [2.24, 2.45) is 5.73 Å². The molecule has 0 radical (unpaired) electrons. The van der Waals surface area contributed by atoms with Gasteiger partial charge < -0.3 is 10.3 Å². The molecule has 0 aliphatic rings. The summed E-state index contributed by atoms with van der Waals surface area (Å²) < 4.78 is 1.77. The second kappa shape index (κ2) is 6.72. The van der Waals surface area contributed by atoms with Crippen molar-refractivity contribution in [1.82, 2.24) is 4.57 Å². The SMILES string of the molecule is CCCCn1cccc(C(N)c2cc(C)ccc2C)c1=O. The first-order valence-corrected chi connectivity index (χ1v) is 7.56. The van der Waals surface area contributed by atoms with Crippen LogP contribution in [0.5, 0.6) is 0 Å². The van der Waals surface area contributed by atoms with Gasteiger partial charge in [-0.15, -0.1) is 0 Å². The van der Waals surface area contributed by atoms with E-state index in [1.54, 1.807) is 4.57 Å². The van der Waals surface area contributed by atoms with Crippen molar-refractivity contribution in [3.63, 3.8) is 0 Å². The molecule has 0 spiro atoms. The van der Waals surface area contributed by atoms with E-state index in [-0.39, 0.29) is 11.6 Å². The van der Waals surface area contributed by atoms with Crippen LogP contribution in [0.3, 0.4) is 0 Å². The predicted molar refractivity (Wildman–Crippen MR) is 87.6 cm³/mol. The number of unbranched alkanes of at least 4 members (excludes halogenated alkanes) is 1. The molecule has 112 valence electrons. The minimum Gasteiger partial charge on any atom is -0.320 e. The van der Waals surface area contributed by atoms with Crippen LogP contribution < -0.4 is 11.3 Å². The van der Waals surface area contributed by atoms with Gasteiger partial charge in [-0.3, -0.25) is 4.79 Å². The third-order valence-corrected chi connectivity index (χ3v) is 3.91. The van der Waals surface area contributed by atoms with E-state index in [0.717, 1.165) is 36.1 Å². The second-order valence-electron chi connectivity index (χ2n) is 5.65. The third-order valence-electron chi connectivity index (χ3n) is 3.91. The molecule has 2 aromatic rings. The lowest BCUT2D eigenvalue weighted by Crippen LogP contribution is -2.28. The molecule has 0 bridgehead atoms. The van der Waals surface area contributed by atoms with Crippen molar-refractivity contribution < 1.29 is 0 Å². The Balaban J connectivity index is 2.41. The summed E-state index contributed by atoms with van der Waals surface area (Å²) in [5.74, 6) is 0. The Bertz CT molecular complexity index is 673. The van der Waals surface area contributed by atoms with E-state index in [2.05, 4.69) is 25.1 Å². The van der Waals surface area contributed by atoms with Crippen LogP contribution in [-0.2, 0) is 6.54 Å². The van der Waals surface area contributed by atoms with Gasteiger partial charge in [-0.05, 0) is 37.5 Å². The van der Waals surface area contributed by atoms with Gasteiger partial charge in [0.25, 0.3) is 5.56 Å². The summed E-state index contributed by atoms with van der Waals surface area (Å²) in [4.78, 5) is 12.6. The molecule has 3 nitrogen and oxygen atoms in total. The fourth-order valence-corrected chi connectivity index (χ4v) is 2.56. The molecule has 0 aliphatic carbocycles. The highest BCUT2D eigenvalue weighted by atomic mass is 16.1. The number of hydrogen-bond donors (Lipinski definition) is 1. The maximum atomic E-state index is 12.6. The Morgan fingerprint density at radius 3 is 2.67 bits per heavy atom. The first-order chi connectivity index (χ1) is 10.0. The van der Waals surface area contributed by atoms with Crippen LogP contribution in [0.2, 0.25) is 0 Å². The molecule has 0 saturated heterocycles. The number of benzene rings is 1. The van der Waals surface area contributed by atoms with Gasteiger partial charge in [0, 0.05) is 18.3 Å². The quantitative estimate of drug-likeness (QED) is 0.915. The molecule has 2 rings (SSSR count). The highest BCUT2D eigenvalue weighted by Crippen LogP contribution is 2.21. The van der Waals surface area contributed by atoms with Gasteiger partial charge in [0.1, 0.15) is 0 Å². The molecule has 0 aliphatic heterocycles. The minimum absolute atomic E-state index is 0.0272. The molecule has 0 amide bonds. The Labute approximate surface area is 126 Å². The van der Waals surface area contributed by atoms with Crippen LogP contribution in [-0.4, -0.2) is 4.57 Å².